The van der Waals surface area contributed by atoms with E-state index in [1.54, 1.807) is 25.1 Å². The molecule has 0 saturated carbocycles. The highest BCUT2D eigenvalue weighted by molar-refractivity contribution is 7.80. The third kappa shape index (κ3) is 5.73. The zero-order chi connectivity index (χ0) is 19.1. The van der Waals surface area contributed by atoms with E-state index in [1.807, 2.05) is 31.2 Å². The van der Waals surface area contributed by atoms with E-state index in [4.69, 9.17) is 0 Å². The van der Waals surface area contributed by atoms with Gasteiger partial charge in [-0.05, 0) is 44.7 Å². The summed E-state index contributed by atoms with van der Waals surface area (Å²) >= 11 is 4.21. The standard InChI is InChI=1S/C12H15FN2.C9H10OS/c1-14-7-9-15(10-8-14)12-6-4-2-3-5-11(12)13;1-6-3-4-8(7(2)10)5-9(6)11/h2-4,6H,7-10H2,1H3;3-5,11H,1-2H3. The number of thiol groups is 1. The van der Waals surface area contributed by atoms with E-state index in [9.17, 15) is 9.18 Å². The maximum atomic E-state index is 13.6. The van der Waals surface area contributed by atoms with Gasteiger partial charge in [-0.3, -0.25) is 4.79 Å². The van der Waals surface area contributed by atoms with Crippen molar-refractivity contribution >= 4 is 18.4 Å². The molecule has 0 bridgehead atoms. The summed E-state index contributed by atoms with van der Waals surface area (Å²) in [4.78, 5) is 16.1. The summed E-state index contributed by atoms with van der Waals surface area (Å²) in [6, 6.07) is 5.51. The Morgan fingerprint density at radius 1 is 1.19 bits per heavy atom. The average Bonchev–Trinajstić information content (AvgIpc) is 2.83. The lowest BCUT2D eigenvalue weighted by Gasteiger charge is -2.34. The third-order valence-corrected chi connectivity index (χ3v) is 4.84. The minimum atomic E-state index is -0.260. The van der Waals surface area contributed by atoms with Gasteiger partial charge in [0.2, 0.25) is 0 Å². The van der Waals surface area contributed by atoms with E-state index >= 15 is 0 Å². The number of halogens is 1. The molecular formula is C21H25FN2OS. The first-order valence-corrected chi connectivity index (χ1v) is 9.07. The van der Waals surface area contributed by atoms with Crippen LogP contribution in [0.4, 0.5) is 4.39 Å². The number of likely N-dealkylation sites (N-methyl/N-ethyl adjacent to an activating group) is 1. The van der Waals surface area contributed by atoms with Crippen LogP contribution in [0.5, 0.6) is 0 Å². The van der Waals surface area contributed by atoms with E-state index in [2.05, 4.69) is 35.2 Å². The fraction of sp³-hybridized carbons (Fsp3) is 0.333. The fourth-order valence-corrected chi connectivity index (χ4v) is 2.80. The van der Waals surface area contributed by atoms with Gasteiger partial charge in [0, 0.05) is 36.6 Å². The van der Waals surface area contributed by atoms with Gasteiger partial charge in [0.05, 0.1) is 5.70 Å². The predicted octanol–water partition coefficient (Wildman–Crippen LogP) is 4.18. The molecule has 1 fully saturated rings. The molecule has 5 heteroatoms. The smallest absolute Gasteiger partial charge is 0.188 e. The molecule has 138 valence electrons. The number of Topliss-reactive ketones (excluding diaryl/α,β-unsaturated/α-hetero) is 1. The maximum absolute atomic E-state index is 13.6. The van der Waals surface area contributed by atoms with Crippen molar-refractivity contribution in [2.24, 2.45) is 0 Å². The van der Waals surface area contributed by atoms with Crippen molar-refractivity contribution in [3.05, 3.63) is 70.9 Å². The van der Waals surface area contributed by atoms with Crippen molar-refractivity contribution in [2.45, 2.75) is 18.7 Å². The largest absolute Gasteiger partial charge is 0.366 e. The van der Waals surface area contributed by atoms with E-state index in [0.29, 0.717) is 5.70 Å². The second kappa shape index (κ2) is 9.58. The maximum Gasteiger partial charge on any atom is 0.188 e. The Morgan fingerprint density at radius 2 is 1.88 bits per heavy atom. The van der Waals surface area contributed by atoms with E-state index in [0.717, 1.165) is 42.2 Å². The second-order valence-electron chi connectivity index (χ2n) is 6.41. The van der Waals surface area contributed by atoms with Crippen molar-refractivity contribution < 1.29 is 9.18 Å². The van der Waals surface area contributed by atoms with Crippen LogP contribution in [0.2, 0.25) is 0 Å². The van der Waals surface area contributed by atoms with E-state index in [1.165, 1.54) is 0 Å². The molecule has 0 spiro atoms. The summed E-state index contributed by atoms with van der Waals surface area (Å²) in [6.07, 6.45) is 7.07. The number of carbonyl (C=O) groups is 1. The number of carbonyl (C=O) groups excluding carboxylic acids is 1. The molecule has 1 saturated heterocycles. The van der Waals surface area contributed by atoms with Crippen LogP contribution < -0.4 is 0 Å². The third-order valence-electron chi connectivity index (χ3n) is 4.36. The molecule has 3 rings (SSSR count). The normalized spacial score (nSPS) is 17.0. The van der Waals surface area contributed by atoms with Gasteiger partial charge in [-0.15, -0.1) is 12.6 Å². The van der Waals surface area contributed by atoms with E-state index in [-0.39, 0.29) is 11.6 Å². The van der Waals surface area contributed by atoms with Gasteiger partial charge < -0.3 is 9.80 Å². The van der Waals surface area contributed by atoms with Gasteiger partial charge in [-0.1, -0.05) is 30.0 Å². The van der Waals surface area contributed by atoms with Crippen LogP contribution in [0.15, 0.2) is 64.7 Å². The van der Waals surface area contributed by atoms with Crippen LogP contribution in [0.1, 0.15) is 22.8 Å². The predicted molar refractivity (Wildman–Crippen MR) is 107 cm³/mol. The Morgan fingerprint density at radius 3 is 2.50 bits per heavy atom. The van der Waals surface area contributed by atoms with Crippen LogP contribution in [0.25, 0.3) is 0 Å². The molecule has 0 unspecified atom stereocenters. The molecule has 0 radical (unpaired) electrons. The summed E-state index contributed by atoms with van der Waals surface area (Å²) in [5.74, 6) is -0.176. The minimum absolute atomic E-state index is 0.0836. The molecule has 0 amide bonds. The molecule has 1 aliphatic heterocycles. The quantitative estimate of drug-likeness (QED) is 0.479. The molecule has 1 aromatic carbocycles. The molecule has 1 heterocycles. The van der Waals surface area contributed by atoms with Crippen LogP contribution in [0, 0.1) is 6.92 Å². The SMILES string of the molecule is CC(=O)c1ccc(C)c(S)c1.CN1CCN(C2=CC=CC=C=C2F)CC1. The minimum Gasteiger partial charge on any atom is -0.366 e. The molecule has 0 aromatic heterocycles. The molecule has 0 N–H and O–H groups in total. The molecule has 1 aromatic rings. The highest BCUT2D eigenvalue weighted by Gasteiger charge is 2.18. The van der Waals surface area contributed by atoms with Crippen LogP contribution in [-0.4, -0.2) is 48.8 Å². The summed E-state index contributed by atoms with van der Waals surface area (Å²) in [5.41, 5.74) is 5.10. The molecule has 1 aliphatic carbocycles. The topological polar surface area (TPSA) is 23.6 Å². The van der Waals surface area contributed by atoms with E-state index < -0.39 is 0 Å². The van der Waals surface area contributed by atoms with Crippen LogP contribution >= 0.6 is 12.6 Å². The highest BCUT2D eigenvalue weighted by atomic mass is 32.1. The number of allylic oxidation sites excluding steroid dienone is 4. The highest BCUT2D eigenvalue weighted by Crippen LogP contribution is 2.19. The second-order valence-corrected chi connectivity index (χ2v) is 6.89. The van der Waals surface area contributed by atoms with Gasteiger partial charge in [0.1, 0.15) is 0 Å². The first-order valence-electron chi connectivity index (χ1n) is 8.62. The molecule has 26 heavy (non-hydrogen) atoms. The number of hydrogen-bond acceptors (Lipinski definition) is 4. The molecule has 3 nitrogen and oxygen atoms in total. The average molecular weight is 373 g/mol. The summed E-state index contributed by atoms with van der Waals surface area (Å²) in [6.45, 7) is 7.25. The molecule has 2 aliphatic rings. The summed E-state index contributed by atoms with van der Waals surface area (Å²) in [7, 11) is 2.09. The number of aryl methyl sites for hydroxylation is 1. The van der Waals surface area contributed by atoms with Gasteiger partial charge in [0.15, 0.2) is 11.6 Å². The zero-order valence-corrected chi connectivity index (χ0v) is 16.4. The number of rotatable bonds is 2. The van der Waals surface area contributed by atoms with Crippen LogP contribution in [-0.2, 0) is 0 Å². The lowest BCUT2D eigenvalue weighted by Crippen LogP contribution is -2.43. The summed E-state index contributed by atoms with van der Waals surface area (Å²) < 4.78 is 13.6. The van der Waals surface area contributed by atoms with Gasteiger partial charge in [-0.2, -0.15) is 4.39 Å². The summed E-state index contributed by atoms with van der Waals surface area (Å²) in [5, 5.41) is 0. The van der Waals surface area contributed by atoms with Crippen molar-refractivity contribution in [3.8, 4) is 0 Å². The first kappa shape index (κ1) is 20.2. The number of hydrogen-bond donors (Lipinski definition) is 1. The van der Waals surface area contributed by atoms with Crippen LogP contribution in [0.3, 0.4) is 0 Å². The lowest BCUT2D eigenvalue weighted by atomic mass is 10.1. The monoisotopic (exact) mass is 372 g/mol. The number of nitrogens with zero attached hydrogens (tertiary/aromatic N) is 2. The Balaban J connectivity index is 0.000000197. The number of benzene rings is 1. The van der Waals surface area contributed by atoms with Crippen molar-refractivity contribution in [2.75, 3.05) is 33.2 Å². The first-order chi connectivity index (χ1) is 12.4. The molecule has 0 atom stereocenters. The Labute approximate surface area is 160 Å². The Bertz CT molecular complexity index is 783. The lowest BCUT2D eigenvalue weighted by molar-refractivity contribution is 0.101. The molecular weight excluding hydrogens is 347 g/mol. The van der Waals surface area contributed by atoms with Gasteiger partial charge in [0.25, 0.3) is 0 Å². The fourth-order valence-electron chi connectivity index (χ4n) is 2.59. The zero-order valence-electron chi connectivity index (χ0n) is 15.5. The van der Waals surface area contributed by atoms with Gasteiger partial charge >= 0.3 is 0 Å². The van der Waals surface area contributed by atoms with Crippen molar-refractivity contribution in [1.82, 2.24) is 9.80 Å². The Hall–Kier alpha value is -2.07. The number of ketones is 1. The Kier molecular flexibility index (Phi) is 7.46. The number of piperazine rings is 1. The van der Waals surface area contributed by atoms with Gasteiger partial charge in [-0.25, -0.2) is 0 Å². The van der Waals surface area contributed by atoms with Crippen molar-refractivity contribution in [3.63, 3.8) is 0 Å². The van der Waals surface area contributed by atoms with Crippen molar-refractivity contribution in [1.29, 1.82) is 0 Å².